The zero-order valence-electron chi connectivity index (χ0n) is 18.3. The standard InChI is InChI=1S/C24H32S2Se2/c1-13(2)17-9-11-19(15(5)6)23-21(17)25-28-24-20(16(7)8)12-10-18(14(3)4)22(24)26-27-23/h9-16H,1-8H3. The molecule has 1 aliphatic heterocycles. The normalized spacial score (nSPS) is 14.4. The molecule has 0 fully saturated rings. The molecule has 0 aliphatic carbocycles. The third kappa shape index (κ3) is 4.58. The summed E-state index contributed by atoms with van der Waals surface area (Å²) >= 11 is 0.828. The first-order chi connectivity index (χ1) is 13.2. The van der Waals surface area contributed by atoms with Crippen LogP contribution in [0.25, 0.3) is 0 Å². The minimum atomic E-state index is 0.414. The van der Waals surface area contributed by atoms with E-state index in [1.807, 2.05) is 0 Å². The molecule has 0 atom stereocenters. The van der Waals surface area contributed by atoms with Crippen molar-refractivity contribution in [3.63, 3.8) is 0 Å². The van der Waals surface area contributed by atoms with Gasteiger partial charge in [0.05, 0.1) is 0 Å². The van der Waals surface area contributed by atoms with Gasteiger partial charge in [-0.2, -0.15) is 0 Å². The molecule has 0 bridgehead atoms. The van der Waals surface area contributed by atoms with E-state index < -0.39 is 0 Å². The van der Waals surface area contributed by atoms with E-state index in [9.17, 15) is 0 Å². The third-order valence-electron chi connectivity index (χ3n) is 5.25. The van der Waals surface area contributed by atoms with E-state index in [1.54, 1.807) is 41.0 Å². The Kier molecular flexibility index (Phi) is 7.79. The van der Waals surface area contributed by atoms with Crippen LogP contribution < -0.4 is 8.92 Å². The topological polar surface area (TPSA) is 0 Å². The molecular formula is C24H32S2Se2. The minimum absolute atomic E-state index is 0.414. The first kappa shape index (κ1) is 22.9. The molecule has 2 aromatic carbocycles. The molecule has 1 aliphatic rings. The number of hydrogen-bond donors (Lipinski definition) is 0. The molecule has 0 amide bonds. The molecule has 0 saturated carbocycles. The molecule has 0 N–H and O–H groups in total. The van der Waals surface area contributed by atoms with Gasteiger partial charge in [0.15, 0.2) is 0 Å². The quantitative estimate of drug-likeness (QED) is 0.401. The fourth-order valence-electron chi connectivity index (χ4n) is 3.52. The molecule has 152 valence electrons. The summed E-state index contributed by atoms with van der Waals surface area (Å²) in [6, 6.07) is 9.67. The number of benzene rings is 2. The first-order valence-corrected chi connectivity index (χ1v) is 17.6. The van der Waals surface area contributed by atoms with E-state index in [0.717, 1.165) is 0 Å². The molecular weight excluding hydrogens is 510 g/mol. The molecule has 0 nitrogen and oxygen atoms in total. The zero-order valence-corrected chi connectivity index (χ0v) is 23.3. The molecule has 0 radical (unpaired) electrons. The van der Waals surface area contributed by atoms with Gasteiger partial charge in [-0.15, -0.1) is 0 Å². The van der Waals surface area contributed by atoms with E-state index in [2.05, 4.69) is 100 Å². The summed E-state index contributed by atoms with van der Waals surface area (Å²) in [5.74, 6) is 2.36. The first-order valence-electron chi connectivity index (χ1n) is 10.2. The number of fused-ring (bicyclic) bond motifs is 2. The van der Waals surface area contributed by atoms with Gasteiger partial charge < -0.3 is 0 Å². The van der Waals surface area contributed by atoms with Crippen LogP contribution in [0.1, 0.15) is 101 Å². The number of rotatable bonds is 4. The fraction of sp³-hybridized carbons (Fsp3) is 0.500. The van der Waals surface area contributed by atoms with Crippen LogP contribution in [0.4, 0.5) is 0 Å². The van der Waals surface area contributed by atoms with Crippen molar-refractivity contribution >= 4 is 57.0 Å². The van der Waals surface area contributed by atoms with Crippen molar-refractivity contribution in [3.05, 3.63) is 46.5 Å². The van der Waals surface area contributed by atoms with Gasteiger partial charge in [0.1, 0.15) is 0 Å². The van der Waals surface area contributed by atoms with Gasteiger partial charge in [0.25, 0.3) is 0 Å². The van der Waals surface area contributed by atoms with E-state index in [-0.39, 0.29) is 0 Å². The summed E-state index contributed by atoms with van der Waals surface area (Å²) in [6.07, 6.45) is 0. The Morgan fingerprint density at radius 2 is 0.786 bits per heavy atom. The van der Waals surface area contributed by atoms with E-state index in [0.29, 0.717) is 51.3 Å². The second kappa shape index (κ2) is 9.54. The molecule has 3 rings (SSSR count). The van der Waals surface area contributed by atoms with Crippen molar-refractivity contribution in [1.29, 1.82) is 0 Å². The summed E-state index contributed by atoms with van der Waals surface area (Å²) in [6.45, 7) is 18.8. The van der Waals surface area contributed by atoms with Gasteiger partial charge in [-0.1, -0.05) is 0 Å². The Balaban J connectivity index is 2.17. The predicted octanol–water partition coefficient (Wildman–Crippen LogP) is 6.57. The Bertz CT molecular complexity index is 713. The van der Waals surface area contributed by atoms with E-state index in [4.69, 9.17) is 0 Å². The van der Waals surface area contributed by atoms with Crippen molar-refractivity contribution in [1.82, 2.24) is 0 Å². The van der Waals surface area contributed by atoms with E-state index in [1.165, 1.54) is 0 Å². The summed E-state index contributed by atoms with van der Waals surface area (Å²) in [7, 11) is 4.34. The summed E-state index contributed by atoms with van der Waals surface area (Å²) in [4.78, 5) is 3.23. The Labute approximate surface area is 191 Å². The van der Waals surface area contributed by atoms with Crippen LogP contribution in [0, 0.1) is 0 Å². The summed E-state index contributed by atoms with van der Waals surface area (Å²) < 4.78 is 3.33. The van der Waals surface area contributed by atoms with Crippen molar-refractivity contribution in [3.8, 4) is 0 Å². The summed E-state index contributed by atoms with van der Waals surface area (Å²) in [5, 5.41) is 0. The molecule has 4 heteroatoms. The maximum absolute atomic E-state index is 2.42. The second-order valence-electron chi connectivity index (χ2n) is 8.76. The summed E-state index contributed by atoms with van der Waals surface area (Å²) in [5.41, 5.74) is 6.26. The van der Waals surface area contributed by atoms with Crippen LogP contribution in [-0.4, -0.2) is 27.7 Å². The van der Waals surface area contributed by atoms with Crippen molar-refractivity contribution < 1.29 is 0 Å². The molecule has 28 heavy (non-hydrogen) atoms. The van der Waals surface area contributed by atoms with Gasteiger partial charge >= 0.3 is 192 Å². The van der Waals surface area contributed by atoms with Crippen LogP contribution in [0.3, 0.4) is 0 Å². The molecule has 0 aromatic heterocycles. The molecule has 0 saturated heterocycles. The van der Waals surface area contributed by atoms with Crippen LogP contribution in [-0.2, 0) is 0 Å². The molecule has 1 heterocycles. The Hall–Kier alpha value is 0.179. The molecule has 0 unspecified atom stereocenters. The fourth-order valence-corrected chi connectivity index (χ4v) is 16.9. The van der Waals surface area contributed by atoms with Crippen molar-refractivity contribution in [2.45, 2.75) is 88.9 Å². The Morgan fingerprint density at radius 3 is 1.07 bits per heavy atom. The zero-order chi connectivity index (χ0) is 20.6. The van der Waals surface area contributed by atoms with Crippen LogP contribution in [0.5, 0.6) is 0 Å². The van der Waals surface area contributed by atoms with Crippen molar-refractivity contribution in [2.75, 3.05) is 0 Å². The van der Waals surface area contributed by atoms with E-state index >= 15 is 0 Å². The predicted molar refractivity (Wildman–Crippen MR) is 132 cm³/mol. The monoisotopic (exact) mass is 544 g/mol. The SMILES string of the molecule is CC(C)c1ccc(C(C)C)c2c1S[Se]c1c(C(C)C)ccc(C(C)C)c1S[Se]2. The van der Waals surface area contributed by atoms with Gasteiger partial charge in [-0.3, -0.25) is 0 Å². The van der Waals surface area contributed by atoms with Gasteiger partial charge in [0, 0.05) is 0 Å². The average Bonchev–Trinajstić information content (AvgIpc) is 2.60. The van der Waals surface area contributed by atoms with Crippen LogP contribution in [0.2, 0.25) is 0 Å². The molecule has 0 spiro atoms. The maximum atomic E-state index is 2.42. The average molecular weight is 543 g/mol. The van der Waals surface area contributed by atoms with Gasteiger partial charge in [-0.05, 0) is 0 Å². The van der Waals surface area contributed by atoms with Crippen LogP contribution in [0.15, 0.2) is 34.1 Å². The number of hydrogen-bond acceptors (Lipinski definition) is 2. The van der Waals surface area contributed by atoms with Gasteiger partial charge in [0.2, 0.25) is 0 Å². The Morgan fingerprint density at radius 1 is 0.500 bits per heavy atom. The van der Waals surface area contributed by atoms with Gasteiger partial charge in [-0.25, -0.2) is 0 Å². The van der Waals surface area contributed by atoms with Crippen molar-refractivity contribution in [2.24, 2.45) is 0 Å². The third-order valence-corrected chi connectivity index (χ3v) is 14.6. The second-order valence-corrected chi connectivity index (χ2v) is 16.1. The molecule has 2 aromatic rings. The van der Waals surface area contributed by atoms with Crippen LogP contribution >= 0.6 is 20.4 Å².